The number of unbranched alkanes of at least 4 members (excludes halogenated alkanes) is 18. The smallest absolute Gasteiger partial charge is 0.186 e. The highest BCUT2D eigenvalue weighted by Gasteiger charge is 2.21. The van der Waals surface area contributed by atoms with Crippen molar-refractivity contribution in [3.63, 3.8) is 0 Å². The van der Waals surface area contributed by atoms with Gasteiger partial charge >= 0.3 is 0 Å². The van der Waals surface area contributed by atoms with E-state index >= 15 is 0 Å². The van der Waals surface area contributed by atoms with Crippen molar-refractivity contribution in [1.29, 1.82) is 0 Å². The maximum atomic E-state index is 5.68. The lowest BCUT2D eigenvalue weighted by Crippen LogP contribution is -2.27. The minimum absolute atomic E-state index is 0.650. The first-order valence-electron chi connectivity index (χ1n) is 18.8. The summed E-state index contributed by atoms with van der Waals surface area (Å²) in [5, 5.41) is 0. The summed E-state index contributed by atoms with van der Waals surface area (Å²) in [4.78, 5) is 10.00. The summed E-state index contributed by atoms with van der Waals surface area (Å²) in [5.41, 5.74) is 0. The maximum absolute atomic E-state index is 5.68. The Balaban J connectivity index is 3.52. The van der Waals surface area contributed by atoms with Gasteiger partial charge in [0.25, 0.3) is 0 Å². The molecule has 0 saturated heterocycles. The third kappa shape index (κ3) is 30.6. The van der Waals surface area contributed by atoms with Crippen LogP contribution in [0.4, 0.5) is 0 Å². The highest BCUT2D eigenvalue weighted by Crippen LogP contribution is 2.26. The summed E-state index contributed by atoms with van der Waals surface area (Å²) in [6.07, 6.45) is 30.0. The van der Waals surface area contributed by atoms with E-state index in [2.05, 4.69) is 39.3 Å². The maximum Gasteiger partial charge on any atom is 0.186 e. The molecule has 0 bridgehead atoms. The Morgan fingerprint density at radius 2 is 0.643 bits per heavy atom. The second-order valence-corrected chi connectivity index (χ2v) is 30.8. The zero-order chi connectivity index (χ0) is 31.4. The highest BCUT2D eigenvalue weighted by molar-refractivity contribution is 6.77. The zero-order valence-electron chi connectivity index (χ0n) is 30.5. The van der Waals surface area contributed by atoms with Gasteiger partial charge in [-0.25, -0.2) is 9.78 Å². The molecule has 0 heterocycles. The zero-order valence-corrected chi connectivity index (χ0v) is 33.5. The summed E-state index contributed by atoms with van der Waals surface area (Å²) in [6.45, 7) is 18.7. The van der Waals surface area contributed by atoms with Crippen molar-refractivity contribution in [2.75, 3.05) is 20.3 Å². The fourth-order valence-electron chi connectivity index (χ4n) is 6.27. The van der Waals surface area contributed by atoms with Crippen molar-refractivity contribution in [3.8, 4) is 0 Å². The van der Waals surface area contributed by atoms with E-state index in [1.165, 1.54) is 134 Å². The molecule has 0 unspecified atom stereocenters. The molecule has 6 heteroatoms. The number of hydrogen-bond acceptors (Lipinski definition) is 3. The third-order valence-corrected chi connectivity index (χ3v) is 19.2. The molecule has 0 aromatic rings. The van der Waals surface area contributed by atoms with Gasteiger partial charge in [0.15, 0.2) is 8.32 Å². The molecular formula is C36H80O3Si3. The molecule has 0 aliphatic heterocycles. The van der Waals surface area contributed by atoms with Gasteiger partial charge < -0.3 is 4.43 Å². The highest BCUT2D eigenvalue weighted by atomic mass is 28.4. The van der Waals surface area contributed by atoms with Crippen LogP contribution in [0.5, 0.6) is 0 Å². The van der Waals surface area contributed by atoms with Crippen LogP contribution in [0.3, 0.4) is 0 Å². The first kappa shape index (κ1) is 42.5. The Morgan fingerprint density at radius 1 is 0.357 bits per heavy atom. The van der Waals surface area contributed by atoms with Gasteiger partial charge in [0.2, 0.25) is 0 Å². The lowest BCUT2D eigenvalue weighted by molar-refractivity contribution is -0.291. The molecule has 254 valence electrons. The minimum atomic E-state index is -1.32. The van der Waals surface area contributed by atoms with Gasteiger partial charge in [0.1, 0.15) is 0 Å². The monoisotopic (exact) mass is 645 g/mol. The average molecular weight is 645 g/mol. The minimum Gasteiger partial charge on any atom is -0.420 e. The molecule has 0 saturated carbocycles. The summed E-state index contributed by atoms with van der Waals surface area (Å²) in [6, 6.07) is 7.57. The summed E-state index contributed by atoms with van der Waals surface area (Å²) in [5.74, 6) is 0. The van der Waals surface area contributed by atoms with Crippen LogP contribution in [0.1, 0.15) is 142 Å². The van der Waals surface area contributed by atoms with Gasteiger partial charge in [-0.3, -0.25) is 0 Å². The van der Waals surface area contributed by atoms with Gasteiger partial charge in [-0.1, -0.05) is 179 Å². The Hall–Kier alpha value is 0.531. The van der Waals surface area contributed by atoms with E-state index in [0.29, 0.717) is 6.61 Å². The second-order valence-electron chi connectivity index (χ2n) is 15.7. The van der Waals surface area contributed by atoms with E-state index < -0.39 is 24.5 Å². The SMILES string of the molecule is CCOOCCCCCCCCCCC[Si](C)(C)CCCCCCCC[Si](C)(C)CCCCCCCC[Si](C)(C)OC. The molecule has 0 radical (unpaired) electrons. The molecule has 0 aliphatic carbocycles. The molecule has 0 aliphatic rings. The number of rotatable bonds is 33. The van der Waals surface area contributed by atoms with Gasteiger partial charge in [0.05, 0.1) is 13.2 Å². The summed E-state index contributed by atoms with van der Waals surface area (Å²) >= 11 is 0. The molecule has 3 nitrogen and oxygen atoms in total. The van der Waals surface area contributed by atoms with Crippen molar-refractivity contribution in [1.82, 2.24) is 0 Å². The van der Waals surface area contributed by atoms with Gasteiger partial charge in [0, 0.05) is 23.3 Å². The Labute approximate surface area is 269 Å². The van der Waals surface area contributed by atoms with Gasteiger partial charge in [-0.15, -0.1) is 0 Å². The molecule has 0 amide bonds. The van der Waals surface area contributed by atoms with E-state index in [0.717, 1.165) is 13.0 Å². The predicted molar refractivity (Wildman–Crippen MR) is 198 cm³/mol. The summed E-state index contributed by atoms with van der Waals surface area (Å²) in [7, 11) is -1.34. The molecular weight excluding hydrogens is 565 g/mol. The van der Waals surface area contributed by atoms with Crippen molar-refractivity contribution >= 4 is 24.5 Å². The van der Waals surface area contributed by atoms with Crippen LogP contribution in [0.25, 0.3) is 0 Å². The first-order valence-corrected chi connectivity index (χ1v) is 28.8. The van der Waals surface area contributed by atoms with E-state index in [1.54, 1.807) is 24.2 Å². The molecule has 0 rings (SSSR count). The van der Waals surface area contributed by atoms with Crippen LogP contribution in [0.15, 0.2) is 0 Å². The largest absolute Gasteiger partial charge is 0.420 e. The Kier molecular flexibility index (Phi) is 28.2. The van der Waals surface area contributed by atoms with Gasteiger partial charge in [-0.2, -0.15) is 0 Å². The van der Waals surface area contributed by atoms with Gasteiger partial charge in [-0.05, 0) is 32.5 Å². The van der Waals surface area contributed by atoms with E-state index in [4.69, 9.17) is 14.2 Å². The molecule has 42 heavy (non-hydrogen) atoms. The normalized spacial score (nSPS) is 12.9. The molecule has 0 aromatic heterocycles. The average Bonchev–Trinajstić information content (AvgIpc) is 2.94. The fourth-order valence-corrected chi connectivity index (χ4v) is 12.9. The van der Waals surface area contributed by atoms with Crippen LogP contribution < -0.4 is 0 Å². The molecule has 0 N–H and O–H groups in total. The standard InChI is InChI=1S/C36H80O3Si3/c1-9-38-39-31-25-19-13-11-10-12-14-20-26-32-40(3,4)33-27-21-15-16-22-28-34-41(5,6)35-29-23-17-18-24-30-36-42(7,8)37-2/h9-36H2,1-8H3. The second kappa shape index (κ2) is 27.8. The Bertz CT molecular complexity index is 569. The van der Waals surface area contributed by atoms with Crippen LogP contribution in [-0.4, -0.2) is 44.8 Å². The third-order valence-electron chi connectivity index (χ3n) is 9.67. The first-order chi connectivity index (χ1) is 20.0. The lowest BCUT2D eigenvalue weighted by atomic mass is 10.1. The van der Waals surface area contributed by atoms with Crippen LogP contribution in [-0.2, 0) is 14.2 Å². The Morgan fingerprint density at radius 3 is 0.952 bits per heavy atom. The molecule has 0 aromatic carbocycles. The lowest BCUT2D eigenvalue weighted by Gasteiger charge is -2.23. The van der Waals surface area contributed by atoms with Crippen LogP contribution in [0, 0.1) is 0 Å². The topological polar surface area (TPSA) is 27.7 Å². The van der Waals surface area contributed by atoms with E-state index in [1.807, 2.05) is 14.0 Å². The van der Waals surface area contributed by atoms with E-state index in [9.17, 15) is 0 Å². The van der Waals surface area contributed by atoms with Crippen molar-refractivity contribution < 1.29 is 14.2 Å². The molecule has 0 spiro atoms. The van der Waals surface area contributed by atoms with Crippen molar-refractivity contribution in [3.05, 3.63) is 0 Å². The van der Waals surface area contributed by atoms with Crippen LogP contribution in [0.2, 0.25) is 69.5 Å². The van der Waals surface area contributed by atoms with E-state index in [-0.39, 0.29) is 0 Å². The number of hydrogen-bond donors (Lipinski definition) is 0. The summed E-state index contributed by atoms with van der Waals surface area (Å²) < 4.78 is 5.68. The van der Waals surface area contributed by atoms with Crippen molar-refractivity contribution in [2.24, 2.45) is 0 Å². The predicted octanol–water partition coefficient (Wildman–Crippen LogP) is 13.4. The fraction of sp³-hybridized carbons (Fsp3) is 1.00. The molecule has 0 atom stereocenters. The van der Waals surface area contributed by atoms with Crippen molar-refractivity contribution in [2.45, 2.75) is 211 Å². The molecule has 0 fully saturated rings. The van der Waals surface area contributed by atoms with Crippen LogP contribution >= 0.6 is 0 Å². The quantitative estimate of drug-likeness (QED) is 0.0308.